The van der Waals surface area contributed by atoms with Gasteiger partial charge in [-0.1, -0.05) is 67.8 Å². The van der Waals surface area contributed by atoms with Gasteiger partial charge in [-0.2, -0.15) is 0 Å². The van der Waals surface area contributed by atoms with Gasteiger partial charge in [0.15, 0.2) is 0 Å². The summed E-state index contributed by atoms with van der Waals surface area (Å²) in [5.41, 5.74) is 2.97. The summed E-state index contributed by atoms with van der Waals surface area (Å²) < 4.78 is 13.1. The maximum absolute atomic E-state index is 13.1. The smallest absolute Gasteiger partial charge is 0.290 e. The molecule has 0 radical (unpaired) electrons. The zero-order valence-electron chi connectivity index (χ0n) is 22.6. The van der Waals surface area contributed by atoms with Crippen molar-refractivity contribution in [2.24, 2.45) is 0 Å². The third-order valence-electron chi connectivity index (χ3n) is 6.96. The number of imide groups is 1. The highest BCUT2D eigenvalue weighted by molar-refractivity contribution is 8.18. The molecule has 3 aromatic carbocycles. The average Bonchev–Trinajstić information content (AvgIpc) is 3.32. The second kappa shape index (κ2) is 14.0. The molecule has 3 N–H and O–H groups in total. The first kappa shape index (κ1) is 28.4. The minimum atomic E-state index is -0.396. The molecule has 6 rings (SSSR count). The molecule has 4 aromatic rings. The van der Waals surface area contributed by atoms with Crippen LogP contribution in [0.5, 0.6) is 0 Å². The third-order valence-corrected chi connectivity index (χ3v) is 7.77. The Labute approximate surface area is 243 Å². The molecule has 1 aromatic heterocycles. The van der Waals surface area contributed by atoms with E-state index in [1.807, 2.05) is 42.5 Å². The van der Waals surface area contributed by atoms with Crippen molar-refractivity contribution >= 4 is 45.7 Å². The molecule has 2 amide bonds. The third kappa shape index (κ3) is 8.45. The van der Waals surface area contributed by atoms with Crippen LogP contribution in [0.4, 0.5) is 15.1 Å². The summed E-state index contributed by atoms with van der Waals surface area (Å²) in [6, 6.07) is 23.5. The monoisotopic (exact) mass is 569 g/mol. The molecule has 1 aliphatic heterocycles. The lowest BCUT2D eigenvalue weighted by molar-refractivity contribution is -0.115. The Morgan fingerprint density at radius 2 is 1.68 bits per heavy atom. The van der Waals surface area contributed by atoms with E-state index in [2.05, 4.69) is 38.1 Å². The summed E-state index contributed by atoms with van der Waals surface area (Å²) in [4.78, 5) is 31.4. The van der Waals surface area contributed by atoms with E-state index in [4.69, 9.17) is 0 Å². The van der Waals surface area contributed by atoms with Crippen molar-refractivity contribution in [3.05, 3.63) is 107 Å². The number of benzene rings is 3. The van der Waals surface area contributed by atoms with Crippen LogP contribution >= 0.6 is 11.8 Å². The first-order valence-electron chi connectivity index (χ1n) is 13.8. The number of carbonyl (C=O) groups is 2. The van der Waals surface area contributed by atoms with Gasteiger partial charge in [-0.25, -0.2) is 14.4 Å². The van der Waals surface area contributed by atoms with Gasteiger partial charge in [-0.05, 0) is 76.8 Å². The molecule has 0 unspecified atom stereocenters. The normalized spacial score (nSPS) is 16.4. The number of fused-ring (bicyclic) bond motifs is 1. The van der Waals surface area contributed by atoms with Crippen molar-refractivity contribution in [2.75, 3.05) is 5.32 Å². The molecular weight excluding hydrogens is 537 g/mol. The van der Waals surface area contributed by atoms with Gasteiger partial charge >= 0.3 is 0 Å². The second-order valence-corrected chi connectivity index (χ2v) is 11.1. The fraction of sp³-hybridized carbons (Fsp3) is 0.250. The maximum atomic E-state index is 13.1. The Morgan fingerprint density at radius 3 is 2.46 bits per heavy atom. The van der Waals surface area contributed by atoms with Crippen LogP contribution in [0.25, 0.3) is 16.8 Å². The number of nitrogens with zero attached hydrogens (tertiary/aromatic N) is 2. The van der Waals surface area contributed by atoms with E-state index in [0.29, 0.717) is 29.1 Å². The summed E-state index contributed by atoms with van der Waals surface area (Å²) in [5.74, 6) is -0.0964. The first-order chi connectivity index (χ1) is 20.0. The minimum Gasteiger partial charge on any atom is -0.350 e. The van der Waals surface area contributed by atoms with Crippen LogP contribution in [0, 0.1) is 5.82 Å². The maximum Gasteiger partial charge on any atom is 0.290 e. The zero-order chi connectivity index (χ0) is 28.4. The summed E-state index contributed by atoms with van der Waals surface area (Å²) in [6.07, 6.45) is 9.88. The van der Waals surface area contributed by atoms with Crippen molar-refractivity contribution in [1.29, 1.82) is 0 Å². The van der Waals surface area contributed by atoms with E-state index >= 15 is 0 Å². The Kier molecular flexibility index (Phi) is 9.72. The summed E-state index contributed by atoms with van der Waals surface area (Å²) in [5, 5.41) is 10.7. The lowest BCUT2D eigenvalue weighted by Gasteiger charge is -2.22. The van der Waals surface area contributed by atoms with E-state index in [0.717, 1.165) is 34.6 Å². The van der Waals surface area contributed by atoms with Crippen molar-refractivity contribution in [3.8, 4) is 0 Å². The summed E-state index contributed by atoms with van der Waals surface area (Å²) >= 11 is 0.865. The standard InChI is InChI=1S/C17H20FN.C15H12N4O2S/c18-16-9-8-14-10-13(6-7-15(14)11-16)12-19-17-4-2-1-3-5-17;20-13-12(22-15(21)19-13)8-11-6-7-16-14(18-11)17-9-10-4-2-1-3-5-10/h6-11,17,19H,1-5,12H2;1-8H,9H2,(H,16,17,18)(H,19,20,21)/b;12-8-. The quantitative estimate of drug-likeness (QED) is 0.210. The van der Waals surface area contributed by atoms with Crippen molar-refractivity contribution < 1.29 is 14.0 Å². The Morgan fingerprint density at radius 1 is 0.902 bits per heavy atom. The molecule has 7 nitrogen and oxygen atoms in total. The van der Waals surface area contributed by atoms with E-state index in [1.54, 1.807) is 24.4 Å². The van der Waals surface area contributed by atoms with Crippen molar-refractivity contribution in [2.45, 2.75) is 51.2 Å². The van der Waals surface area contributed by atoms with Crippen LogP contribution in [0.1, 0.15) is 48.9 Å². The summed E-state index contributed by atoms with van der Waals surface area (Å²) in [6.45, 7) is 1.52. The molecule has 1 saturated carbocycles. The first-order valence-corrected chi connectivity index (χ1v) is 14.6. The predicted molar refractivity (Wildman–Crippen MR) is 163 cm³/mol. The lowest BCUT2D eigenvalue weighted by Crippen LogP contribution is -2.30. The van der Waals surface area contributed by atoms with E-state index in [9.17, 15) is 14.0 Å². The van der Waals surface area contributed by atoms with Gasteiger partial charge < -0.3 is 10.6 Å². The lowest BCUT2D eigenvalue weighted by atomic mass is 9.95. The van der Waals surface area contributed by atoms with E-state index in [-0.39, 0.29) is 11.1 Å². The van der Waals surface area contributed by atoms with Gasteiger partial charge in [0.1, 0.15) is 5.82 Å². The highest BCUT2D eigenvalue weighted by Gasteiger charge is 2.25. The van der Waals surface area contributed by atoms with Crippen LogP contribution in [0.3, 0.4) is 0 Å². The molecular formula is C32H32FN5O2S. The van der Waals surface area contributed by atoms with Gasteiger partial charge in [0.2, 0.25) is 5.95 Å². The van der Waals surface area contributed by atoms with Gasteiger partial charge in [-0.3, -0.25) is 14.9 Å². The number of aromatic nitrogens is 2. The number of halogens is 1. The SMILES string of the molecule is Fc1ccc2cc(CNC3CCCCC3)ccc2c1.O=C1NC(=O)/C(=C/c2ccnc(NCc3ccccc3)n2)S1. The molecule has 0 bridgehead atoms. The zero-order valence-corrected chi connectivity index (χ0v) is 23.4. The Hall–Kier alpha value is -4.08. The number of nitrogens with one attached hydrogen (secondary N) is 3. The van der Waals surface area contributed by atoms with Crippen LogP contribution in [-0.2, 0) is 17.9 Å². The molecule has 210 valence electrons. The minimum absolute atomic E-state index is 0.166. The number of hydrogen-bond donors (Lipinski definition) is 3. The van der Waals surface area contributed by atoms with Gasteiger partial charge in [0, 0.05) is 25.3 Å². The Balaban J connectivity index is 0.000000166. The molecule has 0 spiro atoms. The van der Waals surface area contributed by atoms with Gasteiger partial charge in [-0.15, -0.1) is 0 Å². The molecule has 1 aliphatic carbocycles. The van der Waals surface area contributed by atoms with Crippen LogP contribution in [-0.4, -0.2) is 27.2 Å². The molecule has 0 atom stereocenters. The number of anilines is 1. The van der Waals surface area contributed by atoms with Crippen LogP contribution in [0.15, 0.2) is 83.9 Å². The van der Waals surface area contributed by atoms with E-state index in [1.165, 1.54) is 43.7 Å². The average molecular weight is 570 g/mol. The van der Waals surface area contributed by atoms with Crippen molar-refractivity contribution in [1.82, 2.24) is 20.6 Å². The predicted octanol–water partition coefficient (Wildman–Crippen LogP) is 6.81. The number of thioether (sulfide) groups is 1. The second-order valence-electron chi connectivity index (χ2n) is 10.0. The topological polar surface area (TPSA) is 96.0 Å². The molecule has 2 heterocycles. The number of carbonyl (C=O) groups excluding carboxylic acids is 2. The fourth-order valence-corrected chi connectivity index (χ4v) is 5.48. The van der Waals surface area contributed by atoms with Crippen LogP contribution < -0.4 is 16.0 Å². The molecule has 2 aliphatic rings. The highest BCUT2D eigenvalue weighted by Crippen LogP contribution is 2.25. The molecule has 9 heteroatoms. The highest BCUT2D eigenvalue weighted by atomic mass is 32.2. The fourth-order valence-electron chi connectivity index (χ4n) is 4.82. The number of hydrogen-bond acceptors (Lipinski definition) is 7. The number of amides is 2. The largest absolute Gasteiger partial charge is 0.350 e. The van der Waals surface area contributed by atoms with Crippen LogP contribution in [0.2, 0.25) is 0 Å². The summed E-state index contributed by atoms with van der Waals surface area (Å²) in [7, 11) is 0. The van der Waals surface area contributed by atoms with E-state index < -0.39 is 5.91 Å². The molecule has 1 saturated heterocycles. The van der Waals surface area contributed by atoms with Gasteiger partial charge in [0.25, 0.3) is 11.1 Å². The molecule has 2 fully saturated rings. The van der Waals surface area contributed by atoms with Gasteiger partial charge in [0.05, 0.1) is 10.6 Å². The molecule has 41 heavy (non-hydrogen) atoms. The van der Waals surface area contributed by atoms with Crippen molar-refractivity contribution in [3.63, 3.8) is 0 Å². The Bertz CT molecular complexity index is 1540. The number of rotatable bonds is 7.